The third-order valence-electron chi connectivity index (χ3n) is 3.05. The number of benzene rings is 2. The Labute approximate surface area is 111 Å². The first-order valence-electron chi connectivity index (χ1n) is 6.26. The molecule has 0 N–H and O–H groups in total. The zero-order valence-corrected chi connectivity index (χ0v) is 11.4. The van der Waals surface area contributed by atoms with Gasteiger partial charge in [0, 0.05) is 24.1 Å². The third-order valence-corrected chi connectivity index (χ3v) is 4.48. The van der Waals surface area contributed by atoms with Gasteiger partial charge in [-0.1, -0.05) is 55.5 Å². The van der Waals surface area contributed by atoms with Crippen molar-refractivity contribution in [3.05, 3.63) is 59.6 Å². The van der Waals surface area contributed by atoms with E-state index in [2.05, 4.69) is 73.0 Å². The van der Waals surface area contributed by atoms with Gasteiger partial charge in [0.1, 0.15) is 4.70 Å². The lowest BCUT2D eigenvalue weighted by molar-refractivity contribution is -0.572. The molecule has 3 aromatic rings. The Bertz CT molecular complexity index is 668. The molecule has 0 amide bonds. The molecule has 2 aromatic carbocycles. The van der Waals surface area contributed by atoms with Crippen molar-refractivity contribution >= 4 is 21.6 Å². The minimum atomic E-state index is 0.530. The topological polar surface area (TPSA) is 3.88 Å². The predicted octanol–water partition coefficient (Wildman–Crippen LogP) is 4.30. The van der Waals surface area contributed by atoms with Crippen molar-refractivity contribution in [2.45, 2.75) is 19.8 Å². The van der Waals surface area contributed by atoms with Crippen LogP contribution in [0.3, 0.4) is 0 Å². The van der Waals surface area contributed by atoms with Crippen LogP contribution in [0.15, 0.2) is 54.6 Å². The summed E-state index contributed by atoms with van der Waals surface area (Å²) in [6, 6.07) is 19.2. The molecule has 0 fully saturated rings. The number of rotatable bonds is 2. The summed E-state index contributed by atoms with van der Waals surface area (Å²) in [6.07, 6.45) is 0. The number of para-hydroxylation sites is 2. The quantitative estimate of drug-likeness (QED) is 0.600. The van der Waals surface area contributed by atoms with Crippen molar-refractivity contribution in [1.82, 2.24) is 0 Å². The number of thiazole rings is 1. The van der Waals surface area contributed by atoms with E-state index in [1.165, 1.54) is 20.9 Å². The molecule has 18 heavy (non-hydrogen) atoms. The lowest BCUT2D eigenvalue weighted by Crippen LogP contribution is -2.33. The normalized spacial score (nSPS) is 11.3. The molecule has 0 spiro atoms. The Morgan fingerprint density at radius 3 is 2.28 bits per heavy atom. The second-order valence-corrected chi connectivity index (χ2v) is 5.80. The van der Waals surface area contributed by atoms with Crippen LogP contribution in [0.4, 0.5) is 0 Å². The highest BCUT2D eigenvalue weighted by Crippen LogP contribution is 2.27. The Kier molecular flexibility index (Phi) is 2.88. The van der Waals surface area contributed by atoms with Crippen LogP contribution in [0, 0.1) is 0 Å². The minimum Gasteiger partial charge on any atom is -0.147 e. The van der Waals surface area contributed by atoms with Gasteiger partial charge in [-0.25, -0.2) is 0 Å². The van der Waals surface area contributed by atoms with E-state index in [1.807, 2.05) is 11.3 Å². The number of hydrogen-bond acceptors (Lipinski definition) is 1. The molecule has 90 valence electrons. The van der Waals surface area contributed by atoms with Crippen molar-refractivity contribution in [3.63, 3.8) is 0 Å². The molecule has 0 aliphatic carbocycles. The zero-order chi connectivity index (χ0) is 12.5. The summed E-state index contributed by atoms with van der Waals surface area (Å²) >= 11 is 1.89. The fourth-order valence-electron chi connectivity index (χ4n) is 2.22. The highest BCUT2D eigenvalue weighted by molar-refractivity contribution is 7.18. The summed E-state index contributed by atoms with van der Waals surface area (Å²) in [6.45, 7) is 4.51. The average molecular weight is 254 g/mol. The fourth-order valence-corrected chi connectivity index (χ4v) is 3.39. The van der Waals surface area contributed by atoms with Crippen molar-refractivity contribution in [3.8, 4) is 5.69 Å². The maximum absolute atomic E-state index is 2.38. The molecule has 0 radical (unpaired) electrons. The smallest absolute Gasteiger partial charge is 0.147 e. The van der Waals surface area contributed by atoms with Gasteiger partial charge >= 0.3 is 0 Å². The van der Waals surface area contributed by atoms with Crippen molar-refractivity contribution in [2.24, 2.45) is 0 Å². The van der Waals surface area contributed by atoms with Gasteiger partial charge in [-0.15, -0.1) is 4.57 Å². The second kappa shape index (κ2) is 4.54. The van der Waals surface area contributed by atoms with Crippen LogP contribution < -0.4 is 4.57 Å². The lowest BCUT2D eigenvalue weighted by Gasteiger charge is -2.00. The molecular formula is C16H16NS+. The molecular weight excluding hydrogens is 238 g/mol. The summed E-state index contributed by atoms with van der Waals surface area (Å²) in [4.78, 5) is 0. The van der Waals surface area contributed by atoms with Gasteiger partial charge in [-0.05, 0) is 6.07 Å². The van der Waals surface area contributed by atoms with Crippen molar-refractivity contribution in [1.29, 1.82) is 0 Å². The Morgan fingerprint density at radius 1 is 0.889 bits per heavy atom. The van der Waals surface area contributed by atoms with E-state index in [-0.39, 0.29) is 0 Å². The van der Waals surface area contributed by atoms with Gasteiger partial charge in [-0.2, -0.15) is 0 Å². The van der Waals surface area contributed by atoms with Crippen LogP contribution in [0.5, 0.6) is 0 Å². The number of nitrogens with zero attached hydrogens (tertiary/aromatic N) is 1. The molecule has 0 saturated heterocycles. The van der Waals surface area contributed by atoms with E-state index in [4.69, 9.17) is 0 Å². The summed E-state index contributed by atoms with van der Waals surface area (Å²) in [5.74, 6) is 0.530. The molecule has 1 nitrogen and oxygen atoms in total. The highest BCUT2D eigenvalue weighted by Gasteiger charge is 2.24. The van der Waals surface area contributed by atoms with E-state index in [9.17, 15) is 0 Å². The highest BCUT2D eigenvalue weighted by atomic mass is 32.1. The van der Waals surface area contributed by atoms with Crippen LogP contribution in [0.2, 0.25) is 0 Å². The molecule has 1 aromatic heterocycles. The first-order valence-corrected chi connectivity index (χ1v) is 7.08. The van der Waals surface area contributed by atoms with Gasteiger partial charge in [0.25, 0.3) is 0 Å². The van der Waals surface area contributed by atoms with Gasteiger partial charge in [0.15, 0.2) is 0 Å². The molecule has 0 bridgehead atoms. The summed E-state index contributed by atoms with van der Waals surface area (Å²) < 4.78 is 3.73. The second-order valence-electron chi connectivity index (χ2n) is 4.73. The van der Waals surface area contributed by atoms with Crippen LogP contribution in [0.1, 0.15) is 24.8 Å². The molecule has 0 atom stereocenters. The SMILES string of the molecule is CC(C)c1sc2ccccc2[n+]1-c1ccccc1. The van der Waals surface area contributed by atoms with Crippen molar-refractivity contribution in [2.75, 3.05) is 0 Å². The number of aromatic nitrogens is 1. The van der Waals surface area contributed by atoms with Gasteiger partial charge in [-0.3, -0.25) is 0 Å². The summed E-state index contributed by atoms with van der Waals surface area (Å²) in [7, 11) is 0. The van der Waals surface area contributed by atoms with E-state index in [0.717, 1.165) is 0 Å². The Balaban J connectivity index is 2.35. The molecule has 1 heterocycles. The molecule has 0 aliphatic rings. The maximum Gasteiger partial charge on any atom is 0.246 e. The van der Waals surface area contributed by atoms with E-state index in [1.54, 1.807) is 0 Å². The van der Waals surface area contributed by atoms with Gasteiger partial charge in [0.2, 0.25) is 16.2 Å². The van der Waals surface area contributed by atoms with E-state index < -0.39 is 0 Å². The van der Waals surface area contributed by atoms with Crippen LogP contribution in [-0.2, 0) is 0 Å². The molecule has 3 rings (SSSR count). The molecule has 2 heteroatoms. The lowest BCUT2D eigenvalue weighted by atomic mass is 10.2. The van der Waals surface area contributed by atoms with Gasteiger partial charge < -0.3 is 0 Å². The monoisotopic (exact) mass is 254 g/mol. The first kappa shape index (κ1) is 11.4. The minimum absolute atomic E-state index is 0.530. The molecule has 0 unspecified atom stereocenters. The number of fused-ring (bicyclic) bond motifs is 1. The Morgan fingerprint density at radius 2 is 1.56 bits per heavy atom. The van der Waals surface area contributed by atoms with E-state index >= 15 is 0 Å². The number of hydrogen-bond donors (Lipinski definition) is 0. The largest absolute Gasteiger partial charge is 0.246 e. The maximum atomic E-state index is 2.38. The molecule has 0 saturated carbocycles. The van der Waals surface area contributed by atoms with Gasteiger partial charge in [0.05, 0.1) is 0 Å². The Hall–Kier alpha value is -1.67. The first-order chi connectivity index (χ1) is 8.77. The summed E-state index contributed by atoms with van der Waals surface area (Å²) in [5.41, 5.74) is 2.55. The molecule has 0 aliphatic heterocycles. The average Bonchev–Trinajstić information content (AvgIpc) is 2.79. The van der Waals surface area contributed by atoms with E-state index in [0.29, 0.717) is 5.92 Å². The zero-order valence-electron chi connectivity index (χ0n) is 10.6. The summed E-state index contributed by atoms with van der Waals surface area (Å²) in [5, 5.41) is 1.41. The standard InChI is InChI=1S/C16H16NS/c1-12(2)16-17(13-8-4-3-5-9-13)14-10-6-7-11-15(14)18-16/h3-12H,1-2H3/q+1. The fraction of sp³-hybridized carbons (Fsp3) is 0.188. The van der Waals surface area contributed by atoms with Crippen LogP contribution >= 0.6 is 11.3 Å². The van der Waals surface area contributed by atoms with Crippen LogP contribution in [0.25, 0.3) is 15.9 Å². The third kappa shape index (κ3) is 1.83. The van der Waals surface area contributed by atoms with Crippen LogP contribution in [-0.4, -0.2) is 0 Å². The predicted molar refractivity (Wildman–Crippen MR) is 77.4 cm³/mol. The van der Waals surface area contributed by atoms with Crippen molar-refractivity contribution < 1.29 is 4.57 Å².